The number of nitrogens with zero attached hydrogens (tertiary/aromatic N) is 1. The van der Waals surface area contributed by atoms with Gasteiger partial charge in [-0.3, -0.25) is 9.36 Å². The third kappa shape index (κ3) is 2.90. The van der Waals surface area contributed by atoms with Crippen molar-refractivity contribution >= 4 is 16.8 Å². The van der Waals surface area contributed by atoms with E-state index in [9.17, 15) is 18.0 Å². The largest absolute Gasteiger partial charge is 0.416 e. The van der Waals surface area contributed by atoms with Crippen LogP contribution in [0.2, 0.25) is 0 Å². The highest BCUT2D eigenvalue weighted by Gasteiger charge is 2.32. The third-order valence-electron chi connectivity index (χ3n) is 4.80. The summed E-state index contributed by atoms with van der Waals surface area (Å²) in [7, 11) is 0. The van der Waals surface area contributed by atoms with E-state index in [0.717, 1.165) is 22.9 Å². The lowest BCUT2D eigenvalue weighted by atomic mass is 10.0. The van der Waals surface area contributed by atoms with Crippen molar-refractivity contribution in [3.8, 4) is 0 Å². The van der Waals surface area contributed by atoms with Crippen LogP contribution in [0, 0.1) is 0 Å². The standard InChI is InChI=1S/C20H17F3N2O/c21-20(22,23)14-6-7-17-16(11-14)15-8-9-24-12-18(15)25(17)19(26)10-13-4-2-1-3-5-13/h1-7,11,24H,8-10,12H2. The summed E-state index contributed by atoms with van der Waals surface area (Å²) in [6.07, 6.45) is -3.58. The molecule has 1 aliphatic rings. The number of hydrogen-bond acceptors (Lipinski definition) is 2. The van der Waals surface area contributed by atoms with E-state index in [0.29, 0.717) is 30.4 Å². The van der Waals surface area contributed by atoms with Gasteiger partial charge in [0.2, 0.25) is 5.91 Å². The molecule has 1 aliphatic heterocycles. The Labute approximate surface area is 148 Å². The average Bonchev–Trinajstić information content (AvgIpc) is 2.95. The fraction of sp³-hybridized carbons (Fsp3) is 0.250. The van der Waals surface area contributed by atoms with E-state index in [1.54, 1.807) is 4.57 Å². The highest BCUT2D eigenvalue weighted by Crippen LogP contribution is 2.35. The van der Waals surface area contributed by atoms with Crippen molar-refractivity contribution < 1.29 is 18.0 Å². The topological polar surface area (TPSA) is 34.0 Å². The number of alkyl halides is 3. The molecule has 1 N–H and O–H groups in total. The minimum Gasteiger partial charge on any atom is -0.311 e. The van der Waals surface area contributed by atoms with Crippen LogP contribution in [0.15, 0.2) is 48.5 Å². The van der Waals surface area contributed by atoms with Crippen molar-refractivity contribution in [1.82, 2.24) is 9.88 Å². The van der Waals surface area contributed by atoms with Gasteiger partial charge in [-0.1, -0.05) is 30.3 Å². The Hall–Kier alpha value is -2.60. The van der Waals surface area contributed by atoms with Crippen molar-refractivity contribution in [2.45, 2.75) is 25.6 Å². The highest BCUT2D eigenvalue weighted by atomic mass is 19.4. The molecule has 0 fully saturated rings. The number of rotatable bonds is 2. The molecule has 0 saturated carbocycles. The molecular weight excluding hydrogens is 341 g/mol. The number of fused-ring (bicyclic) bond motifs is 3. The summed E-state index contributed by atoms with van der Waals surface area (Å²) in [5, 5.41) is 3.74. The molecule has 2 aromatic carbocycles. The number of carbonyl (C=O) groups is 1. The summed E-state index contributed by atoms with van der Waals surface area (Å²) in [6.45, 7) is 1.17. The summed E-state index contributed by atoms with van der Waals surface area (Å²) in [4.78, 5) is 13.0. The first kappa shape index (κ1) is 16.8. The van der Waals surface area contributed by atoms with Crippen molar-refractivity contribution in [3.63, 3.8) is 0 Å². The van der Waals surface area contributed by atoms with Gasteiger partial charge in [-0.2, -0.15) is 13.2 Å². The maximum atomic E-state index is 13.1. The number of nitrogens with one attached hydrogen (secondary N) is 1. The first-order valence-electron chi connectivity index (χ1n) is 8.46. The molecule has 3 aromatic rings. The van der Waals surface area contributed by atoms with Crippen molar-refractivity contribution in [3.05, 3.63) is 70.9 Å². The van der Waals surface area contributed by atoms with E-state index in [4.69, 9.17) is 0 Å². The lowest BCUT2D eigenvalue weighted by Gasteiger charge is -2.16. The van der Waals surface area contributed by atoms with Gasteiger partial charge in [-0.15, -0.1) is 0 Å². The van der Waals surface area contributed by atoms with Gasteiger partial charge in [0.1, 0.15) is 0 Å². The molecule has 0 amide bonds. The molecule has 1 aromatic heterocycles. The maximum Gasteiger partial charge on any atom is 0.416 e. The molecule has 0 aliphatic carbocycles. The molecule has 0 bridgehead atoms. The Morgan fingerprint density at radius 2 is 1.88 bits per heavy atom. The van der Waals surface area contributed by atoms with Gasteiger partial charge >= 0.3 is 6.18 Å². The van der Waals surface area contributed by atoms with Crippen LogP contribution in [-0.4, -0.2) is 17.0 Å². The Balaban J connectivity index is 1.85. The SMILES string of the molecule is O=C(Cc1ccccc1)n1c2c(c3cc(C(F)(F)F)ccc31)CCNC2. The first-order chi connectivity index (χ1) is 12.4. The number of benzene rings is 2. The van der Waals surface area contributed by atoms with Crippen LogP contribution in [0.1, 0.15) is 27.2 Å². The fourth-order valence-corrected chi connectivity index (χ4v) is 3.60. The number of hydrogen-bond donors (Lipinski definition) is 1. The minimum absolute atomic E-state index is 0.133. The first-order valence-corrected chi connectivity index (χ1v) is 8.46. The smallest absolute Gasteiger partial charge is 0.311 e. The van der Waals surface area contributed by atoms with E-state index < -0.39 is 11.7 Å². The molecule has 6 heteroatoms. The second-order valence-corrected chi connectivity index (χ2v) is 6.47. The van der Waals surface area contributed by atoms with Crippen molar-refractivity contribution in [2.24, 2.45) is 0 Å². The summed E-state index contributed by atoms with van der Waals surface area (Å²) in [5.74, 6) is -0.133. The summed E-state index contributed by atoms with van der Waals surface area (Å²) in [6, 6.07) is 13.0. The van der Waals surface area contributed by atoms with Crippen LogP contribution < -0.4 is 5.32 Å². The zero-order valence-corrected chi connectivity index (χ0v) is 13.9. The summed E-state index contributed by atoms with van der Waals surface area (Å²) >= 11 is 0. The molecule has 0 radical (unpaired) electrons. The van der Waals surface area contributed by atoms with Gasteiger partial charge in [0.05, 0.1) is 17.5 Å². The lowest BCUT2D eigenvalue weighted by Crippen LogP contribution is -2.27. The molecular formula is C20H17F3N2O. The quantitative estimate of drug-likeness (QED) is 0.745. The predicted octanol–water partition coefficient (Wildman–Crippen LogP) is 4.19. The van der Waals surface area contributed by atoms with Crippen LogP contribution in [0.4, 0.5) is 13.2 Å². The molecule has 3 nitrogen and oxygen atoms in total. The summed E-state index contributed by atoms with van der Waals surface area (Å²) < 4.78 is 40.9. The van der Waals surface area contributed by atoms with E-state index in [2.05, 4.69) is 5.32 Å². The minimum atomic E-state index is -4.40. The zero-order valence-electron chi connectivity index (χ0n) is 13.9. The second kappa shape index (κ2) is 6.29. The maximum absolute atomic E-state index is 13.1. The normalized spacial score (nSPS) is 14.4. The van der Waals surface area contributed by atoms with Crippen molar-refractivity contribution in [1.29, 1.82) is 0 Å². The lowest BCUT2D eigenvalue weighted by molar-refractivity contribution is -0.137. The molecule has 0 atom stereocenters. The van der Waals surface area contributed by atoms with E-state index in [-0.39, 0.29) is 12.3 Å². The Bertz CT molecular complexity index is 974. The highest BCUT2D eigenvalue weighted by molar-refractivity contribution is 5.97. The summed E-state index contributed by atoms with van der Waals surface area (Å²) in [5.41, 5.74) is 2.35. The molecule has 2 heterocycles. The Kier molecular flexibility index (Phi) is 4.07. The molecule has 26 heavy (non-hydrogen) atoms. The van der Waals surface area contributed by atoms with Crippen LogP contribution in [-0.2, 0) is 25.6 Å². The van der Waals surface area contributed by atoms with Gasteiger partial charge in [-0.25, -0.2) is 0 Å². The number of carbonyl (C=O) groups excluding carboxylic acids is 1. The van der Waals surface area contributed by atoms with Crippen LogP contribution in [0.3, 0.4) is 0 Å². The Morgan fingerprint density at radius 1 is 1.12 bits per heavy atom. The predicted molar refractivity (Wildman–Crippen MR) is 93.1 cm³/mol. The van der Waals surface area contributed by atoms with E-state index in [1.807, 2.05) is 30.3 Å². The third-order valence-corrected chi connectivity index (χ3v) is 4.80. The van der Waals surface area contributed by atoms with Crippen LogP contribution >= 0.6 is 0 Å². The van der Waals surface area contributed by atoms with Crippen LogP contribution in [0.25, 0.3) is 10.9 Å². The van der Waals surface area contributed by atoms with E-state index in [1.165, 1.54) is 12.1 Å². The average molecular weight is 358 g/mol. The monoisotopic (exact) mass is 358 g/mol. The second-order valence-electron chi connectivity index (χ2n) is 6.47. The molecule has 0 saturated heterocycles. The zero-order chi connectivity index (χ0) is 18.3. The van der Waals surface area contributed by atoms with Gasteiger partial charge in [0.15, 0.2) is 0 Å². The molecule has 0 unspecified atom stereocenters. The van der Waals surface area contributed by atoms with Gasteiger partial charge < -0.3 is 5.32 Å². The number of halogens is 3. The van der Waals surface area contributed by atoms with Crippen LogP contribution in [0.5, 0.6) is 0 Å². The Morgan fingerprint density at radius 3 is 2.62 bits per heavy atom. The van der Waals surface area contributed by atoms with Gasteiger partial charge in [-0.05, 0) is 42.3 Å². The van der Waals surface area contributed by atoms with E-state index >= 15 is 0 Å². The molecule has 134 valence electrons. The molecule has 4 rings (SSSR count). The van der Waals surface area contributed by atoms with Crippen molar-refractivity contribution in [2.75, 3.05) is 6.54 Å². The van der Waals surface area contributed by atoms with Gasteiger partial charge in [0, 0.05) is 17.6 Å². The number of aromatic nitrogens is 1. The van der Waals surface area contributed by atoms with Gasteiger partial charge in [0.25, 0.3) is 0 Å². The molecule has 0 spiro atoms. The fourth-order valence-electron chi connectivity index (χ4n) is 3.60.